The topological polar surface area (TPSA) is 59.4 Å². The van der Waals surface area contributed by atoms with E-state index in [2.05, 4.69) is 17.2 Å². The van der Waals surface area contributed by atoms with Crippen molar-refractivity contribution in [1.29, 1.82) is 0 Å². The number of nitrogens with zero attached hydrogens (tertiary/aromatic N) is 3. The second-order valence-corrected chi connectivity index (χ2v) is 5.85. The Morgan fingerprint density at radius 3 is 3.00 bits per heavy atom. The highest BCUT2D eigenvalue weighted by Crippen LogP contribution is 2.20. The van der Waals surface area contributed by atoms with E-state index in [0.29, 0.717) is 19.2 Å². The average Bonchev–Trinajstić information content (AvgIpc) is 3.17. The predicted octanol–water partition coefficient (Wildman–Crippen LogP) is 2.39. The van der Waals surface area contributed by atoms with Crippen molar-refractivity contribution in [2.45, 2.75) is 58.2 Å². The Morgan fingerprint density at radius 1 is 1.50 bits per heavy atom. The summed E-state index contributed by atoms with van der Waals surface area (Å²) in [6.07, 6.45) is 9.98. The van der Waals surface area contributed by atoms with E-state index in [1.54, 1.807) is 18.1 Å². The summed E-state index contributed by atoms with van der Waals surface area (Å²) in [4.78, 5) is 18.0. The van der Waals surface area contributed by atoms with Gasteiger partial charge in [0.1, 0.15) is 5.82 Å². The first-order valence-electron chi connectivity index (χ1n) is 8.31. The van der Waals surface area contributed by atoms with Gasteiger partial charge in [0.05, 0.1) is 12.6 Å². The van der Waals surface area contributed by atoms with Gasteiger partial charge in [0.15, 0.2) is 0 Å². The van der Waals surface area contributed by atoms with Crippen molar-refractivity contribution in [3.05, 3.63) is 18.2 Å². The molecule has 22 heavy (non-hydrogen) atoms. The largest absolute Gasteiger partial charge is 0.378 e. The quantitative estimate of drug-likeness (QED) is 0.750. The van der Waals surface area contributed by atoms with Crippen molar-refractivity contribution in [2.24, 2.45) is 0 Å². The minimum Gasteiger partial charge on any atom is -0.378 e. The van der Waals surface area contributed by atoms with Crippen LogP contribution in [0.2, 0.25) is 0 Å². The first-order valence-corrected chi connectivity index (χ1v) is 8.31. The number of carbonyl (C=O) groups excluding carboxylic acids is 1. The molecule has 0 bridgehead atoms. The summed E-state index contributed by atoms with van der Waals surface area (Å²) in [5.41, 5.74) is 0. The van der Waals surface area contributed by atoms with Gasteiger partial charge in [-0.2, -0.15) is 0 Å². The summed E-state index contributed by atoms with van der Waals surface area (Å²) in [6.45, 7) is 4.83. The second-order valence-electron chi connectivity index (χ2n) is 5.85. The Labute approximate surface area is 132 Å². The molecule has 1 fully saturated rings. The molecular weight excluding hydrogens is 280 g/mol. The highest BCUT2D eigenvalue weighted by molar-refractivity contribution is 5.73. The zero-order valence-electron chi connectivity index (χ0n) is 13.8. The monoisotopic (exact) mass is 308 g/mol. The van der Waals surface area contributed by atoms with Crippen LogP contribution < -0.4 is 5.32 Å². The standard InChI is InChI=1S/C16H28N4O2/c1-3-20-11-10-17-15(20)13-19(2)16(21)18-9-6-12-22-14-7-4-5-8-14/h10-11,14H,3-9,12-13H2,1-2H3,(H,18,21). The molecule has 0 spiro atoms. The molecule has 1 aromatic rings. The fourth-order valence-electron chi connectivity index (χ4n) is 2.77. The summed E-state index contributed by atoms with van der Waals surface area (Å²) in [5.74, 6) is 0.907. The molecule has 0 aromatic carbocycles. The summed E-state index contributed by atoms with van der Waals surface area (Å²) in [7, 11) is 1.79. The molecule has 1 aliphatic carbocycles. The van der Waals surface area contributed by atoms with Gasteiger partial charge < -0.3 is 19.5 Å². The van der Waals surface area contributed by atoms with Crippen LogP contribution >= 0.6 is 0 Å². The van der Waals surface area contributed by atoms with E-state index >= 15 is 0 Å². The second kappa shape index (κ2) is 8.78. The van der Waals surface area contributed by atoms with Crippen LogP contribution in [0.25, 0.3) is 0 Å². The van der Waals surface area contributed by atoms with Crippen molar-refractivity contribution >= 4 is 6.03 Å². The van der Waals surface area contributed by atoms with Crippen LogP contribution in [0.4, 0.5) is 4.79 Å². The van der Waals surface area contributed by atoms with E-state index in [0.717, 1.165) is 25.4 Å². The van der Waals surface area contributed by atoms with Crippen LogP contribution in [0.1, 0.15) is 44.9 Å². The SMILES string of the molecule is CCn1ccnc1CN(C)C(=O)NCCCOC1CCCC1. The highest BCUT2D eigenvalue weighted by Gasteiger charge is 2.15. The van der Waals surface area contributed by atoms with Gasteiger partial charge in [-0.1, -0.05) is 12.8 Å². The third-order valence-corrected chi connectivity index (χ3v) is 4.12. The van der Waals surface area contributed by atoms with Gasteiger partial charge in [-0.3, -0.25) is 0 Å². The van der Waals surface area contributed by atoms with Crippen LogP contribution in [0, 0.1) is 0 Å². The molecule has 1 aliphatic rings. The van der Waals surface area contributed by atoms with Crippen molar-refractivity contribution in [1.82, 2.24) is 19.8 Å². The number of ether oxygens (including phenoxy) is 1. The fraction of sp³-hybridized carbons (Fsp3) is 0.750. The molecule has 1 heterocycles. The molecule has 1 aromatic heterocycles. The zero-order chi connectivity index (χ0) is 15.8. The molecule has 0 aliphatic heterocycles. The van der Waals surface area contributed by atoms with E-state index in [1.807, 2.05) is 10.8 Å². The molecule has 0 saturated heterocycles. The Bertz CT molecular complexity index is 455. The maximum absolute atomic E-state index is 12.0. The number of carbonyl (C=O) groups is 1. The maximum atomic E-state index is 12.0. The Kier molecular flexibility index (Phi) is 6.71. The first-order chi connectivity index (χ1) is 10.7. The molecule has 0 unspecified atom stereocenters. The average molecular weight is 308 g/mol. The van der Waals surface area contributed by atoms with Gasteiger partial charge >= 0.3 is 6.03 Å². The number of aryl methyl sites for hydroxylation is 1. The smallest absolute Gasteiger partial charge is 0.317 e. The maximum Gasteiger partial charge on any atom is 0.317 e. The van der Waals surface area contributed by atoms with Crippen molar-refractivity contribution in [2.75, 3.05) is 20.2 Å². The van der Waals surface area contributed by atoms with E-state index in [9.17, 15) is 4.79 Å². The van der Waals surface area contributed by atoms with E-state index in [-0.39, 0.29) is 6.03 Å². The number of hydrogen-bond donors (Lipinski definition) is 1. The van der Waals surface area contributed by atoms with Crippen LogP contribution in [-0.4, -0.2) is 46.8 Å². The molecule has 6 nitrogen and oxygen atoms in total. The lowest BCUT2D eigenvalue weighted by atomic mass is 10.3. The molecule has 1 N–H and O–H groups in total. The Balaban J connectivity index is 1.59. The molecule has 6 heteroatoms. The zero-order valence-corrected chi connectivity index (χ0v) is 13.8. The van der Waals surface area contributed by atoms with Crippen molar-refractivity contribution < 1.29 is 9.53 Å². The molecule has 0 atom stereocenters. The van der Waals surface area contributed by atoms with Crippen LogP contribution in [-0.2, 0) is 17.8 Å². The van der Waals surface area contributed by atoms with Crippen LogP contribution in [0.3, 0.4) is 0 Å². The van der Waals surface area contributed by atoms with Gasteiger partial charge in [-0.25, -0.2) is 9.78 Å². The Morgan fingerprint density at radius 2 is 2.27 bits per heavy atom. The molecule has 1 saturated carbocycles. The Hall–Kier alpha value is -1.56. The highest BCUT2D eigenvalue weighted by atomic mass is 16.5. The van der Waals surface area contributed by atoms with Gasteiger partial charge in [0, 0.05) is 39.1 Å². The summed E-state index contributed by atoms with van der Waals surface area (Å²) < 4.78 is 7.82. The van der Waals surface area contributed by atoms with E-state index in [1.165, 1.54) is 25.7 Å². The number of amides is 2. The van der Waals surface area contributed by atoms with Crippen molar-refractivity contribution in [3.8, 4) is 0 Å². The lowest BCUT2D eigenvalue weighted by molar-refractivity contribution is 0.0570. The summed E-state index contributed by atoms with van der Waals surface area (Å²) in [6, 6.07) is -0.0634. The fourth-order valence-corrected chi connectivity index (χ4v) is 2.77. The number of hydrogen-bond acceptors (Lipinski definition) is 3. The number of aromatic nitrogens is 2. The molecule has 2 rings (SSSR count). The molecule has 0 radical (unpaired) electrons. The van der Waals surface area contributed by atoms with Gasteiger partial charge in [-0.05, 0) is 26.2 Å². The summed E-state index contributed by atoms with van der Waals surface area (Å²) >= 11 is 0. The van der Waals surface area contributed by atoms with Gasteiger partial charge in [0.2, 0.25) is 0 Å². The van der Waals surface area contributed by atoms with Gasteiger partial charge in [-0.15, -0.1) is 0 Å². The van der Waals surface area contributed by atoms with Crippen molar-refractivity contribution in [3.63, 3.8) is 0 Å². The van der Waals surface area contributed by atoms with E-state index in [4.69, 9.17) is 4.74 Å². The first kappa shape index (κ1) is 16.8. The predicted molar refractivity (Wildman–Crippen MR) is 85.6 cm³/mol. The number of nitrogens with one attached hydrogen (secondary N) is 1. The molecule has 124 valence electrons. The molecule has 2 amide bonds. The number of urea groups is 1. The lowest BCUT2D eigenvalue weighted by Gasteiger charge is -2.18. The number of rotatable bonds is 8. The van der Waals surface area contributed by atoms with Crippen LogP contribution in [0.5, 0.6) is 0 Å². The van der Waals surface area contributed by atoms with Gasteiger partial charge in [0.25, 0.3) is 0 Å². The molecular formula is C16H28N4O2. The third-order valence-electron chi connectivity index (χ3n) is 4.12. The van der Waals surface area contributed by atoms with Crippen LogP contribution in [0.15, 0.2) is 12.4 Å². The number of imidazole rings is 1. The lowest BCUT2D eigenvalue weighted by Crippen LogP contribution is -2.38. The normalized spacial score (nSPS) is 15.2. The van der Waals surface area contributed by atoms with E-state index < -0.39 is 0 Å². The minimum atomic E-state index is -0.0634. The summed E-state index contributed by atoms with van der Waals surface area (Å²) in [5, 5.41) is 2.93. The minimum absolute atomic E-state index is 0.0634. The third kappa shape index (κ3) is 5.02.